The SMILES string of the molecule is Cc1ccccc1CO[C@@H](C(N)=O)[C@H](O)[C@@H](O)[C@@H](OCc1ccccc1C)C(N)=O. The molecule has 0 unspecified atom stereocenters. The van der Waals surface area contributed by atoms with Gasteiger partial charge in [0.1, 0.15) is 12.2 Å². The summed E-state index contributed by atoms with van der Waals surface area (Å²) >= 11 is 0. The Kier molecular flexibility index (Phi) is 8.49. The van der Waals surface area contributed by atoms with Gasteiger partial charge in [-0.25, -0.2) is 0 Å². The largest absolute Gasteiger partial charge is 0.387 e. The van der Waals surface area contributed by atoms with Gasteiger partial charge in [-0.3, -0.25) is 9.59 Å². The Hall–Kier alpha value is -2.78. The quantitative estimate of drug-likeness (QED) is 0.419. The number of hydrogen-bond donors (Lipinski definition) is 4. The van der Waals surface area contributed by atoms with Gasteiger partial charge in [-0.15, -0.1) is 0 Å². The summed E-state index contributed by atoms with van der Waals surface area (Å²) < 4.78 is 10.9. The highest BCUT2D eigenvalue weighted by Crippen LogP contribution is 2.17. The minimum atomic E-state index is -1.82. The molecule has 162 valence electrons. The number of primary amides is 2. The zero-order valence-electron chi connectivity index (χ0n) is 17.0. The minimum Gasteiger partial charge on any atom is -0.387 e. The van der Waals surface area contributed by atoms with Crippen LogP contribution in [0.25, 0.3) is 0 Å². The lowest BCUT2D eigenvalue weighted by Gasteiger charge is -2.29. The smallest absolute Gasteiger partial charge is 0.249 e. The topological polar surface area (TPSA) is 145 Å². The first-order valence-corrected chi connectivity index (χ1v) is 9.49. The van der Waals surface area contributed by atoms with E-state index in [2.05, 4.69) is 0 Å². The molecule has 0 bridgehead atoms. The van der Waals surface area contributed by atoms with Crippen LogP contribution in [0.3, 0.4) is 0 Å². The van der Waals surface area contributed by atoms with Crippen molar-refractivity contribution in [3.8, 4) is 0 Å². The Bertz CT molecular complexity index is 801. The van der Waals surface area contributed by atoms with Crippen molar-refractivity contribution in [1.29, 1.82) is 0 Å². The number of carbonyl (C=O) groups is 2. The molecule has 0 aliphatic rings. The predicted octanol–water partition coefficient (Wildman–Crippen LogP) is 0.466. The molecule has 2 aromatic rings. The van der Waals surface area contributed by atoms with E-state index in [9.17, 15) is 19.8 Å². The van der Waals surface area contributed by atoms with E-state index in [4.69, 9.17) is 20.9 Å². The fraction of sp³-hybridized carbons (Fsp3) is 0.364. The Morgan fingerprint density at radius 1 is 0.767 bits per heavy atom. The number of benzene rings is 2. The van der Waals surface area contributed by atoms with E-state index in [1.165, 1.54) is 0 Å². The second-order valence-electron chi connectivity index (χ2n) is 7.10. The Morgan fingerprint density at radius 2 is 1.10 bits per heavy atom. The summed E-state index contributed by atoms with van der Waals surface area (Å²) in [5.41, 5.74) is 14.1. The van der Waals surface area contributed by atoms with E-state index < -0.39 is 36.2 Å². The van der Waals surface area contributed by atoms with Gasteiger partial charge in [-0.2, -0.15) is 0 Å². The Morgan fingerprint density at radius 3 is 1.40 bits per heavy atom. The molecule has 8 heteroatoms. The lowest BCUT2D eigenvalue weighted by atomic mass is 10.0. The van der Waals surface area contributed by atoms with Crippen molar-refractivity contribution in [2.45, 2.75) is 51.5 Å². The van der Waals surface area contributed by atoms with Gasteiger partial charge < -0.3 is 31.2 Å². The number of aliphatic hydroxyl groups excluding tert-OH is 2. The third-order valence-corrected chi connectivity index (χ3v) is 4.89. The number of hydrogen-bond acceptors (Lipinski definition) is 6. The first-order valence-electron chi connectivity index (χ1n) is 9.49. The molecule has 0 saturated carbocycles. The van der Waals surface area contributed by atoms with Gasteiger partial charge in [-0.05, 0) is 36.1 Å². The van der Waals surface area contributed by atoms with E-state index >= 15 is 0 Å². The van der Waals surface area contributed by atoms with Crippen LogP contribution in [0, 0.1) is 13.8 Å². The highest BCUT2D eigenvalue weighted by molar-refractivity contribution is 5.81. The average molecular weight is 416 g/mol. The van der Waals surface area contributed by atoms with Crippen molar-refractivity contribution in [1.82, 2.24) is 0 Å². The van der Waals surface area contributed by atoms with Crippen LogP contribution in [-0.4, -0.2) is 46.4 Å². The van der Waals surface area contributed by atoms with Crippen LogP contribution in [0.2, 0.25) is 0 Å². The molecule has 0 spiro atoms. The molecule has 2 amide bonds. The summed E-state index contributed by atoms with van der Waals surface area (Å²) in [5.74, 6) is -1.98. The number of aliphatic hydroxyl groups is 2. The van der Waals surface area contributed by atoms with Crippen LogP contribution in [-0.2, 0) is 32.3 Å². The molecular formula is C22H28N2O6. The van der Waals surface area contributed by atoms with Crippen LogP contribution in [0.4, 0.5) is 0 Å². The Labute approximate surface area is 175 Å². The van der Waals surface area contributed by atoms with Crippen LogP contribution in [0.5, 0.6) is 0 Å². The number of nitrogens with two attached hydrogens (primary N) is 2. The fourth-order valence-electron chi connectivity index (χ4n) is 2.96. The number of ether oxygens (including phenoxy) is 2. The summed E-state index contributed by atoms with van der Waals surface area (Å²) in [5, 5.41) is 21.0. The van der Waals surface area contributed by atoms with Crippen LogP contribution in [0.1, 0.15) is 22.3 Å². The summed E-state index contributed by atoms with van der Waals surface area (Å²) in [6, 6.07) is 14.6. The van der Waals surface area contributed by atoms with Crippen molar-refractivity contribution in [3.05, 3.63) is 70.8 Å². The molecule has 4 atom stereocenters. The third kappa shape index (κ3) is 6.11. The monoisotopic (exact) mass is 416 g/mol. The summed E-state index contributed by atoms with van der Waals surface area (Å²) in [6.07, 6.45) is -6.77. The van der Waals surface area contributed by atoms with Crippen molar-refractivity contribution in [2.75, 3.05) is 0 Å². The fourth-order valence-corrected chi connectivity index (χ4v) is 2.96. The van der Waals surface area contributed by atoms with E-state index in [1.807, 2.05) is 38.1 Å². The zero-order valence-corrected chi connectivity index (χ0v) is 17.0. The molecule has 8 nitrogen and oxygen atoms in total. The number of carbonyl (C=O) groups excluding carboxylic acids is 2. The third-order valence-electron chi connectivity index (χ3n) is 4.89. The van der Waals surface area contributed by atoms with E-state index in [-0.39, 0.29) is 13.2 Å². The lowest BCUT2D eigenvalue weighted by Crippen LogP contribution is -2.54. The molecule has 2 rings (SSSR count). The molecule has 30 heavy (non-hydrogen) atoms. The standard InChI is InChI=1S/C22H28N2O6/c1-13-7-3-5-9-15(13)11-29-19(21(23)27)17(25)18(26)20(22(24)28)30-12-16-10-6-4-8-14(16)2/h3-10,17-20,25-26H,11-12H2,1-2H3,(H2,23,27)(H2,24,28)/t17-,18-,19-,20-/m1/s1. The number of rotatable bonds is 11. The molecule has 0 radical (unpaired) electrons. The molecule has 0 fully saturated rings. The second kappa shape index (κ2) is 10.8. The summed E-state index contributed by atoms with van der Waals surface area (Å²) in [4.78, 5) is 23.7. The van der Waals surface area contributed by atoms with Gasteiger partial charge in [0.2, 0.25) is 11.8 Å². The van der Waals surface area contributed by atoms with E-state index in [1.54, 1.807) is 24.3 Å². The molecule has 6 N–H and O–H groups in total. The number of amides is 2. The van der Waals surface area contributed by atoms with Crippen molar-refractivity contribution in [3.63, 3.8) is 0 Å². The predicted molar refractivity (Wildman–Crippen MR) is 110 cm³/mol. The lowest BCUT2D eigenvalue weighted by molar-refractivity contribution is -0.167. The summed E-state index contributed by atoms with van der Waals surface area (Å²) in [7, 11) is 0. The van der Waals surface area contributed by atoms with Gasteiger partial charge in [0.05, 0.1) is 13.2 Å². The van der Waals surface area contributed by atoms with Gasteiger partial charge >= 0.3 is 0 Å². The normalized spacial score (nSPS) is 15.2. The van der Waals surface area contributed by atoms with Gasteiger partial charge in [0, 0.05) is 0 Å². The van der Waals surface area contributed by atoms with Crippen LogP contribution in [0.15, 0.2) is 48.5 Å². The van der Waals surface area contributed by atoms with Crippen LogP contribution < -0.4 is 11.5 Å². The van der Waals surface area contributed by atoms with Crippen LogP contribution >= 0.6 is 0 Å². The molecule has 0 aliphatic heterocycles. The first-order chi connectivity index (χ1) is 14.2. The van der Waals surface area contributed by atoms with E-state index in [0.29, 0.717) is 0 Å². The molecule has 0 saturated heterocycles. The zero-order chi connectivity index (χ0) is 22.3. The highest BCUT2D eigenvalue weighted by atomic mass is 16.5. The molecule has 2 aromatic carbocycles. The first kappa shape index (κ1) is 23.5. The minimum absolute atomic E-state index is 0.0185. The molecule has 0 aromatic heterocycles. The molecule has 0 aliphatic carbocycles. The second-order valence-corrected chi connectivity index (χ2v) is 7.10. The van der Waals surface area contributed by atoms with Gasteiger partial charge in [0.15, 0.2) is 12.2 Å². The maximum Gasteiger partial charge on any atom is 0.249 e. The Balaban J connectivity index is 2.09. The summed E-state index contributed by atoms with van der Waals surface area (Å²) in [6.45, 7) is 3.70. The molecule has 0 heterocycles. The highest BCUT2D eigenvalue weighted by Gasteiger charge is 2.39. The van der Waals surface area contributed by atoms with Gasteiger partial charge in [-0.1, -0.05) is 48.5 Å². The van der Waals surface area contributed by atoms with E-state index in [0.717, 1.165) is 22.3 Å². The maximum absolute atomic E-state index is 11.8. The van der Waals surface area contributed by atoms with Crippen molar-refractivity contribution < 1.29 is 29.3 Å². The van der Waals surface area contributed by atoms with Crippen molar-refractivity contribution in [2.24, 2.45) is 11.5 Å². The van der Waals surface area contributed by atoms with Crippen molar-refractivity contribution >= 4 is 11.8 Å². The number of aryl methyl sites for hydroxylation is 2. The van der Waals surface area contributed by atoms with Gasteiger partial charge in [0.25, 0.3) is 0 Å². The average Bonchev–Trinajstić information content (AvgIpc) is 2.70. The maximum atomic E-state index is 11.8. The molecular weight excluding hydrogens is 388 g/mol.